The second-order valence-corrected chi connectivity index (χ2v) is 9.07. The number of aromatic nitrogens is 1. The number of nitrogens with one attached hydrogen (secondary N) is 2. The summed E-state index contributed by atoms with van der Waals surface area (Å²) in [6.45, 7) is 2.85. The summed E-state index contributed by atoms with van der Waals surface area (Å²) in [6, 6.07) is 8.79. The van der Waals surface area contributed by atoms with Gasteiger partial charge in [0.15, 0.2) is 14.6 Å². The maximum absolute atomic E-state index is 12.9. The van der Waals surface area contributed by atoms with Crippen LogP contribution in [0.2, 0.25) is 0 Å². The zero-order chi connectivity index (χ0) is 19.5. The second kappa shape index (κ2) is 10.2. The Morgan fingerprint density at radius 1 is 1.21 bits per heavy atom. The third-order valence-electron chi connectivity index (χ3n) is 4.83. The normalized spacial score (nSPS) is 15.4. The third-order valence-corrected chi connectivity index (χ3v) is 6.84. The number of pyridine rings is 1. The van der Waals surface area contributed by atoms with Crippen molar-refractivity contribution in [1.82, 2.24) is 10.3 Å². The summed E-state index contributed by atoms with van der Waals surface area (Å²) < 4.78 is 29.1. The number of ether oxygens (including phenoxy) is 1. The molecule has 1 aliphatic rings. The van der Waals surface area contributed by atoms with Crippen molar-refractivity contribution in [2.24, 2.45) is 0 Å². The monoisotopic (exact) mass is 461 g/mol. The van der Waals surface area contributed by atoms with Gasteiger partial charge in [-0.3, -0.25) is 9.78 Å². The van der Waals surface area contributed by atoms with Gasteiger partial charge < -0.3 is 15.4 Å². The second-order valence-electron chi connectivity index (χ2n) is 6.74. The summed E-state index contributed by atoms with van der Waals surface area (Å²) in [5.74, 6) is 0.774. The highest BCUT2D eigenvalue weighted by molar-refractivity contribution is 7.92. The van der Waals surface area contributed by atoms with E-state index in [1.54, 1.807) is 42.7 Å². The maximum Gasteiger partial charge on any atom is 0.245 e. The number of rotatable bonds is 5. The Labute approximate surface area is 183 Å². The van der Waals surface area contributed by atoms with Crippen molar-refractivity contribution < 1.29 is 17.9 Å². The Morgan fingerprint density at radius 3 is 2.45 bits per heavy atom. The highest BCUT2D eigenvalue weighted by atomic mass is 35.5. The van der Waals surface area contributed by atoms with Gasteiger partial charge in [-0.1, -0.05) is 0 Å². The average molecular weight is 462 g/mol. The fraction of sp³-hybridized carbons (Fsp3) is 0.368. The molecule has 0 radical (unpaired) electrons. The zero-order valence-electron chi connectivity index (χ0n) is 16.2. The van der Waals surface area contributed by atoms with Gasteiger partial charge in [0.2, 0.25) is 5.91 Å². The molecule has 0 aliphatic carbocycles. The minimum atomic E-state index is -3.55. The van der Waals surface area contributed by atoms with E-state index in [1.165, 1.54) is 0 Å². The van der Waals surface area contributed by atoms with Crippen LogP contribution in [0.5, 0.6) is 11.5 Å². The summed E-state index contributed by atoms with van der Waals surface area (Å²) >= 11 is 0. The van der Waals surface area contributed by atoms with Crippen LogP contribution in [0, 0.1) is 6.92 Å². The molecule has 29 heavy (non-hydrogen) atoms. The van der Waals surface area contributed by atoms with Crippen molar-refractivity contribution in [3.8, 4) is 11.5 Å². The molecule has 1 amide bonds. The van der Waals surface area contributed by atoms with Crippen molar-refractivity contribution in [2.45, 2.75) is 24.5 Å². The first-order valence-electron chi connectivity index (χ1n) is 8.72. The van der Waals surface area contributed by atoms with E-state index < -0.39 is 20.5 Å². The summed E-state index contributed by atoms with van der Waals surface area (Å²) in [6.07, 6.45) is 4.94. The Kier molecular flexibility index (Phi) is 8.89. The fourth-order valence-corrected chi connectivity index (χ4v) is 4.55. The largest absolute Gasteiger partial charge is 0.455 e. The third kappa shape index (κ3) is 5.60. The van der Waals surface area contributed by atoms with Crippen molar-refractivity contribution in [2.75, 3.05) is 24.7 Å². The van der Waals surface area contributed by atoms with Crippen molar-refractivity contribution in [3.63, 3.8) is 0 Å². The molecule has 1 saturated heterocycles. The molecule has 1 aromatic carbocycles. The van der Waals surface area contributed by atoms with Crippen LogP contribution < -0.4 is 15.4 Å². The zero-order valence-corrected chi connectivity index (χ0v) is 18.6. The molecular weight excluding hydrogens is 437 g/mol. The minimum Gasteiger partial charge on any atom is -0.455 e. The van der Waals surface area contributed by atoms with Crippen molar-refractivity contribution in [3.05, 3.63) is 48.3 Å². The molecule has 1 aromatic heterocycles. The van der Waals surface area contributed by atoms with Gasteiger partial charge in [0, 0.05) is 18.1 Å². The molecule has 1 aliphatic heterocycles. The van der Waals surface area contributed by atoms with Gasteiger partial charge >= 0.3 is 0 Å². The molecule has 1 fully saturated rings. The number of anilines is 1. The Hall–Kier alpha value is -1.87. The van der Waals surface area contributed by atoms with E-state index in [2.05, 4.69) is 15.6 Å². The number of hydrogen-bond donors (Lipinski definition) is 2. The molecule has 7 nitrogen and oxygen atoms in total. The van der Waals surface area contributed by atoms with Gasteiger partial charge in [0.25, 0.3) is 0 Å². The van der Waals surface area contributed by atoms with Crippen molar-refractivity contribution >= 4 is 46.2 Å². The first-order chi connectivity index (χ1) is 12.8. The number of carbonyl (C=O) groups excluding carboxylic acids is 1. The quantitative estimate of drug-likeness (QED) is 0.709. The number of amides is 1. The molecule has 0 atom stereocenters. The van der Waals surface area contributed by atoms with Crippen LogP contribution in [0.15, 0.2) is 42.7 Å². The molecule has 0 saturated carbocycles. The lowest BCUT2D eigenvalue weighted by molar-refractivity contribution is -0.119. The van der Waals surface area contributed by atoms with Gasteiger partial charge in [-0.15, -0.1) is 24.8 Å². The number of hydrogen-bond acceptors (Lipinski definition) is 6. The number of halogens is 2. The molecule has 160 valence electrons. The first kappa shape index (κ1) is 25.2. The van der Waals surface area contributed by atoms with Gasteiger partial charge in [0.05, 0.1) is 6.20 Å². The molecule has 2 heterocycles. The predicted octanol–water partition coefficient (Wildman–Crippen LogP) is 3.13. The SMILES string of the molecule is Cc1cc(NC(=O)C2(S(C)(=O)=O)CCNCC2)ccc1Oc1cccnc1.Cl.Cl. The first-order valence-corrected chi connectivity index (χ1v) is 10.6. The summed E-state index contributed by atoms with van der Waals surface area (Å²) in [7, 11) is -3.55. The molecule has 0 bridgehead atoms. The fourth-order valence-electron chi connectivity index (χ4n) is 3.22. The van der Waals surface area contributed by atoms with Crippen LogP contribution >= 0.6 is 24.8 Å². The Bertz CT molecular complexity index is 934. The summed E-state index contributed by atoms with van der Waals surface area (Å²) in [5, 5.41) is 5.88. The minimum absolute atomic E-state index is 0. The molecule has 2 aromatic rings. The van der Waals surface area contributed by atoms with Crippen LogP contribution in [-0.2, 0) is 14.6 Å². The Balaban J connectivity index is 0.00000210. The standard InChI is InChI=1S/C19H23N3O4S.2ClH/c1-14-12-15(5-6-17(14)26-16-4-3-9-21-13-16)22-18(23)19(27(2,24)25)7-10-20-11-8-19;;/h3-6,9,12-13,20H,7-8,10-11H2,1-2H3,(H,22,23);2*1H. The van der Waals surface area contributed by atoms with E-state index in [1.807, 2.05) is 6.92 Å². The highest BCUT2D eigenvalue weighted by Gasteiger charge is 2.48. The van der Waals surface area contributed by atoms with E-state index in [4.69, 9.17) is 4.74 Å². The molecule has 0 unspecified atom stereocenters. The number of sulfone groups is 1. The van der Waals surface area contributed by atoms with Crippen LogP contribution in [0.3, 0.4) is 0 Å². The van der Waals surface area contributed by atoms with Gasteiger partial charge in [-0.25, -0.2) is 8.42 Å². The summed E-state index contributed by atoms with van der Waals surface area (Å²) in [4.78, 5) is 16.9. The Morgan fingerprint density at radius 2 is 1.90 bits per heavy atom. The van der Waals surface area contributed by atoms with E-state index in [0.717, 1.165) is 11.8 Å². The van der Waals surface area contributed by atoms with Crippen LogP contribution in [0.1, 0.15) is 18.4 Å². The van der Waals surface area contributed by atoms with E-state index >= 15 is 0 Å². The van der Waals surface area contributed by atoms with E-state index in [0.29, 0.717) is 30.3 Å². The average Bonchev–Trinajstić information content (AvgIpc) is 2.64. The van der Waals surface area contributed by atoms with E-state index in [-0.39, 0.29) is 37.7 Å². The van der Waals surface area contributed by atoms with Crippen molar-refractivity contribution in [1.29, 1.82) is 0 Å². The van der Waals surface area contributed by atoms with Crippen LogP contribution in [0.25, 0.3) is 0 Å². The summed E-state index contributed by atoms with van der Waals surface area (Å²) in [5.41, 5.74) is 1.35. The number of piperidine rings is 1. The van der Waals surface area contributed by atoms with Crippen LogP contribution in [-0.4, -0.2) is 43.4 Å². The predicted molar refractivity (Wildman–Crippen MR) is 118 cm³/mol. The molecule has 3 rings (SSSR count). The molecule has 2 N–H and O–H groups in total. The highest BCUT2D eigenvalue weighted by Crippen LogP contribution is 2.31. The van der Waals surface area contributed by atoms with Gasteiger partial charge in [-0.05, 0) is 68.8 Å². The lowest BCUT2D eigenvalue weighted by Crippen LogP contribution is -2.55. The smallest absolute Gasteiger partial charge is 0.245 e. The number of nitrogens with zero attached hydrogens (tertiary/aromatic N) is 1. The number of benzene rings is 1. The lowest BCUT2D eigenvalue weighted by Gasteiger charge is -2.34. The number of aryl methyl sites for hydroxylation is 1. The van der Waals surface area contributed by atoms with Crippen LogP contribution in [0.4, 0.5) is 5.69 Å². The molecule has 0 spiro atoms. The van der Waals surface area contributed by atoms with E-state index in [9.17, 15) is 13.2 Å². The topological polar surface area (TPSA) is 97.4 Å². The molecular formula is C19H25Cl2N3O4S. The lowest BCUT2D eigenvalue weighted by atomic mass is 9.95. The number of carbonyl (C=O) groups is 1. The van der Waals surface area contributed by atoms with Gasteiger partial charge in [-0.2, -0.15) is 0 Å². The van der Waals surface area contributed by atoms with Gasteiger partial charge in [0.1, 0.15) is 11.5 Å². The maximum atomic E-state index is 12.9. The molecule has 10 heteroatoms.